The van der Waals surface area contributed by atoms with Crippen LogP contribution in [0.3, 0.4) is 0 Å². The van der Waals surface area contributed by atoms with E-state index >= 15 is 0 Å². The topological polar surface area (TPSA) is 41.1 Å². The molecule has 0 spiro atoms. The molecule has 1 amide bonds. The Kier molecular flexibility index (Phi) is 6.33. The second-order valence-electron chi connectivity index (χ2n) is 6.80. The smallest absolute Gasteiger partial charge is 0.251 e. The van der Waals surface area contributed by atoms with Crippen molar-refractivity contribution < 1.29 is 4.79 Å². The maximum atomic E-state index is 12.1. The molecular weight excluding hydrogens is 296 g/mol. The summed E-state index contributed by atoms with van der Waals surface area (Å²) in [5.74, 6) is -0.0377. The van der Waals surface area contributed by atoms with Gasteiger partial charge in [-0.1, -0.05) is 54.6 Å². The molecule has 0 aromatic heterocycles. The van der Waals surface area contributed by atoms with Crippen molar-refractivity contribution in [3.05, 3.63) is 71.3 Å². The van der Waals surface area contributed by atoms with Crippen molar-refractivity contribution in [2.45, 2.75) is 26.3 Å². The Balaban J connectivity index is 1.85. The number of nitrogens with one attached hydrogen (secondary N) is 2. The van der Waals surface area contributed by atoms with Gasteiger partial charge >= 0.3 is 0 Å². The van der Waals surface area contributed by atoms with Crippen LogP contribution in [0.25, 0.3) is 12.2 Å². The van der Waals surface area contributed by atoms with Crippen molar-refractivity contribution in [3.8, 4) is 0 Å². The molecule has 0 atom stereocenters. The summed E-state index contributed by atoms with van der Waals surface area (Å²) >= 11 is 0. The Morgan fingerprint density at radius 1 is 0.875 bits per heavy atom. The number of amides is 1. The van der Waals surface area contributed by atoms with E-state index in [1.165, 1.54) is 0 Å². The molecule has 2 N–H and O–H groups in total. The van der Waals surface area contributed by atoms with Crippen LogP contribution in [-0.4, -0.2) is 24.5 Å². The normalized spacial score (nSPS) is 11.6. The summed E-state index contributed by atoms with van der Waals surface area (Å²) in [6, 6.07) is 17.8. The number of carbonyl (C=O) groups excluding carboxylic acids is 1. The molecule has 0 fully saturated rings. The van der Waals surface area contributed by atoms with Gasteiger partial charge in [0.15, 0.2) is 0 Å². The van der Waals surface area contributed by atoms with E-state index in [0.717, 1.165) is 17.7 Å². The second-order valence-corrected chi connectivity index (χ2v) is 6.80. The van der Waals surface area contributed by atoms with E-state index < -0.39 is 0 Å². The molecule has 0 saturated carbocycles. The molecule has 2 aromatic carbocycles. The lowest BCUT2D eigenvalue weighted by atomic mass is 10.1. The third kappa shape index (κ3) is 6.39. The zero-order chi connectivity index (χ0) is 17.4. The molecule has 0 saturated heterocycles. The molecule has 0 radical (unpaired) electrons. The van der Waals surface area contributed by atoms with Crippen LogP contribution in [0.15, 0.2) is 54.6 Å². The quantitative estimate of drug-likeness (QED) is 0.624. The van der Waals surface area contributed by atoms with Crippen LogP contribution in [0.4, 0.5) is 0 Å². The Hall–Kier alpha value is -2.39. The summed E-state index contributed by atoms with van der Waals surface area (Å²) in [5.41, 5.74) is 2.98. The van der Waals surface area contributed by atoms with E-state index in [2.05, 4.69) is 49.6 Å². The zero-order valence-corrected chi connectivity index (χ0v) is 14.7. The fourth-order valence-electron chi connectivity index (χ4n) is 2.22. The first-order chi connectivity index (χ1) is 11.4. The molecule has 0 unspecified atom stereocenters. The van der Waals surface area contributed by atoms with Crippen LogP contribution in [0.5, 0.6) is 0 Å². The SMILES string of the molecule is CC(C)(C)NCCNC(=O)c1ccc(/C=C/c2ccccc2)cc1. The van der Waals surface area contributed by atoms with E-state index in [1.807, 2.05) is 48.5 Å². The van der Waals surface area contributed by atoms with Crippen LogP contribution in [0.1, 0.15) is 42.3 Å². The molecule has 2 aromatic rings. The molecular formula is C21H26N2O. The van der Waals surface area contributed by atoms with Gasteiger partial charge in [0, 0.05) is 24.2 Å². The molecule has 0 heterocycles. The van der Waals surface area contributed by atoms with Gasteiger partial charge < -0.3 is 10.6 Å². The van der Waals surface area contributed by atoms with Crippen LogP contribution >= 0.6 is 0 Å². The number of hydrogen-bond donors (Lipinski definition) is 2. The summed E-state index contributed by atoms with van der Waals surface area (Å²) in [6.45, 7) is 7.70. The minimum absolute atomic E-state index is 0.0377. The first kappa shape index (κ1) is 18.0. The summed E-state index contributed by atoms with van der Waals surface area (Å²) in [5, 5.41) is 6.28. The summed E-state index contributed by atoms with van der Waals surface area (Å²) in [7, 11) is 0. The van der Waals surface area contributed by atoms with E-state index in [-0.39, 0.29) is 11.4 Å². The summed E-state index contributed by atoms with van der Waals surface area (Å²) in [6.07, 6.45) is 4.11. The zero-order valence-electron chi connectivity index (χ0n) is 14.7. The van der Waals surface area contributed by atoms with Crippen molar-refractivity contribution in [1.29, 1.82) is 0 Å². The predicted octanol–water partition coefficient (Wildman–Crippen LogP) is 3.97. The van der Waals surface area contributed by atoms with Crippen molar-refractivity contribution in [3.63, 3.8) is 0 Å². The van der Waals surface area contributed by atoms with Gasteiger partial charge in [-0.25, -0.2) is 0 Å². The Labute approximate surface area is 144 Å². The van der Waals surface area contributed by atoms with E-state index in [1.54, 1.807) is 0 Å². The molecule has 0 bridgehead atoms. The van der Waals surface area contributed by atoms with Crippen LogP contribution in [-0.2, 0) is 0 Å². The minimum Gasteiger partial charge on any atom is -0.351 e. The fraction of sp³-hybridized carbons (Fsp3) is 0.286. The average molecular weight is 322 g/mol. The van der Waals surface area contributed by atoms with Gasteiger partial charge in [-0.15, -0.1) is 0 Å². The predicted molar refractivity (Wildman–Crippen MR) is 102 cm³/mol. The highest BCUT2D eigenvalue weighted by Crippen LogP contribution is 2.09. The Morgan fingerprint density at radius 2 is 1.46 bits per heavy atom. The van der Waals surface area contributed by atoms with Gasteiger partial charge in [-0.05, 0) is 44.0 Å². The lowest BCUT2D eigenvalue weighted by Crippen LogP contribution is -2.41. The third-order valence-corrected chi connectivity index (χ3v) is 3.51. The van der Waals surface area contributed by atoms with Crippen molar-refractivity contribution in [1.82, 2.24) is 10.6 Å². The van der Waals surface area contributed by atoms with E-state index in [0.29, 0.717) is 12.1 Å². The summed E-state index contributed by atoms with van der Waals surface area (Å²) < 4.78 is 0. The second kappa shape index (κ2) is 8.46. The van der Waals surface area contributed by atoms with Crippen LogP contribution in [0.2, 0.25) is 0 Å². The standard InChI is InChI=1S/C21H26N2O/c1-21(2,3)23-16-15-22-20(24)19-13-11-18(12-14-19)10-9-17-7-5-4-6-8-17/h4-14,23H,15-16H2,1-3H3,(H,22,24)/b10-9+. The Bertz CT molecular complexity index is 667. The van der Waals surface area contributed by atoms with Crippen LogP contribution < -0.4 is 10.6 Å². The molecule has 24 heavy (non-hydrogen) atoms. The van der Waals surface area contributed by atoms with Gasteiger partial charge in [0.25, 0.3) is 5.91 Å². The maximum absolute atomic E-state index is 12.1. The van der Waals surface area contributed by atoms with Gasteiger partial charge in [-0.3, -0.25) is 4.79 Å². The lowest BCUT2D eigenvalue weighted by molar-refractivity contribution is 0.0953. The van der Waals surface area contributed by atoms with Crippen molar-refractivity contribution >= 4 is 18.1 Å². The highest BCUT2D eigenvalue weighted by Gasteiger charge is 2.08. The minimum atomic E-state index is -0.0377. The highest BCUT2D eigenvalue weighted by atomic mass is 16.1. The third-order valence-electron chi connectivity index (χ3n) is 3.51. The molecule has 3 heteroatoms. The van der Waals surface area contributed by atoms with Crippen molar-refractivity contribution in [2.75, 3.05) is 13.1 Å². The lowest BCUT2D eigenvalue weighted by Gasteiger charge is -2.20. The largest absolute Gasteiger partial charge is 0.351 e. The summed E-state index contributed by atoms with van der Waals surface area (Å²) in [4.78, 5) is 12.1. The van der Waals surface area contributed by atoms with Crippen molar-refractivity contribution in [2.24, 2.45) is 0 Å². The number of benzene rings is 2. The molecule has 126 valence electrons. The number of hydrogen-bond acceptors (Lipinski definition) is 2. The van der Waals surface area contributed by atoms with E-state index in [9.17, 15) is 4.79 Å². The first-order valence-corrected chi connectivity index (χ1v) is 8.30. The van der Waals surface area contributed by atoms with Gasteiger partial charge in [0.1, 0.15) is 0 Å². The highest BCUT2D eigenvalue weighted by molar-refractivity contribution is 5.94. The molecule has 0 aliphatic carbocycles. The van der Waals surface area contributed by atoms with Gasteiger partial charge in [-0.2, -0.15) is 0 Å². The Morgan fingerprint density at radius 3 is 2.04 bits per heavy atom. The van der Waals surface area contributed by atoms with Gasteiger partial charge in [0.05, 0.1) is 0 Å². The number of carbonyl (C=O) groups is 1. The van der Waals surface area contributed by atoms with Crippen LogP contribution in [0, 0.1) is 0 Å². The monoisotopic (exact) mass is 322 g/mol. The average Bonchev–Trinajstić information content (AvgIpc) is 2.57. The molecule has 3 nitrogen and oxygen atoms in total. The fourth-order valence-corrected chi connectivity index (χ4v) is 2.22. The molecule has 0 aliphatic rings. The van der Waals surface area contributed by atoms with E-state index in [4.69, 9.17) is 0 Å². The number of rotatable bonds is 6. The molecule has 0 aliphatic heterocycles. The van der Waals surface area contributed by atoms with Gasteiger partial charge in [0.2, 0.25) is 0 Å². The molecule has 2 rings (SSSR count). The first-order valence-electron chi connectivity index (χ1n) is 8.30. The maximum Gasteiger partial charge on any atom is 0.251 e.